The highest BCUT2D eigenvalue weighted by Crippen LogP contribution is 2.20. The first-order valence-electron chi connectivity index (χ1n) is 8.42. The topological polar surface area (TPSA) is 79.2 Å². The zero-order chi connectivity index (χ0) is 17.1. The Labute approximate surface area is 145 Å². The second-order valence-electron chi connectivity index (χ2n) is 6.27. The van der Waals surface area contributed by atoms with Gasteiger partial charge in [0, 0.05) is 36.1 Å². The lowest BCUT2D eigenvalue weighted by Gasteiger charge is -2.14. The number of benzene rings is 1. The molecule has 1 aliphatic heterocycles. The number of nitrogens with one attached hydrogen (secondary N) is 3. The first-order chi connectivity index (χ1) is 12.3. The number of amides is 1. The fraction of sp³-hybridized carbons (Fsp3) is 0.263. The summed E-state index contributed by atoms with van der Waals surface area (Å²) in [7, 11) is 0. The Kier molecular flexibility index (Phi) is 4.35. The number of fused-ring (bicyclic) bond motifs is 1. The molecule has 1 amide bonds. The summed E-state index contributed by atoms with van der Waals surface area (Å²) in [4.78, 5) is 16.4. The number of carbonyl (C=O) groups excluding carboxylic acids is 1. The van der Waals surface area contributed by atoms with Crippen LogP contribution in [0.4, 0.5) is 5.69 Å². The van der Waals surface area contributed by atoms with Crippen molar-refractivity contribution >= 4 is 22.4 Å². The zero-order valence-electron chi connectivity index (χ0n) is 13.7. The largest absolute Gasteiger partial charge is 0.467 e. The van der Waals surface area contributed by atoms with Gasteiger partial charge in [-0.2, -0.15) is 0 Å². The number of furan rings is 1. The van der Waals surface area contributed by atoms with Crippen molar-refractivity contribution in [3.63, 3.8) is 0 Å². The third-order valence-corrected chi connectivity index (χ3v) is 4.48. The molecule has 0 unspecified atom stereocenters. The van der Waals surface area contributed by atoms with E-state index in [4.69, 9.17) is 4.42 Å². The number of anilines is 1. The van der Waals surface area contributed by atoms with Crippen LogP contribution >= 0.6 is 0 Å². The predicted octanol–water partition coefficient (Wildman–Crippen LogP) is 2.29. The summed E-state index contributed by atoms with van der Waals surface area (Å²) in [6.07, 6.45) is 6.01. The lowest BCUT2D eigenvalue weighted by atomic mass is 10.1. The Balaban J connectivity index is 1.32. The number of nitrogens with zero attached hydrogens (tertiary/aromatic N) is 1. The van der Waals surface area contributed by atoms with Crippen LogP contribution in [0.15, 0.2) is 59.5 Å². The van der Waals surface area contributed by atoms with Gasteiger partial charge in [-0.3, -0.25) is 9.78 Å². The minimum atomic E-state index is -0.183. The van der Waals surface area contributed by atoms with Crippen LogP contribution in [-0.4, -0.2) is 29.5 Å². The van der Waals surface area contributed by atoms with Gasteiger partial charge in [-0.15, -0.1) is 0 Å². The molecular formula is C19H20N4O2. The Hall–Kier alpha value is -2.86. The third-order valence-electron chi connectivity index (χ3n) is 4.48. The van der Waals surface area contributed by atoms with Gasteiger partial charge in [0.05, 0.1) is 18.8 Å². The molecule has 2 atom stereocenters. The van der Waals surface area contributed by atoms with E-state index in [9.17, 15) is 4.79 Å². The van der Waals surface area contributed by atoms with Crippen molar-refractivity contribution in [2.75, 3.05) is 11.9 Å². The maximum absolute atomic E-state index is 12.3. The Morgan fingerprint density at radius 1 is 1.28 bits per heavy atom. The van der Waals surface area contributed by atoms with Crippen molar-refractivity contribution in [2.24, 2.45) is 0 Å². The number of aromatic nitrogens is 1. The maximum Gasteiger partial charge on any atom is 0.237 e. The average Bonchev–Trinajstić information content (AvgIpc) is 3.31. The molecule has 3 heterocycles. The maximum atomic E-state index is 12.3. The number of rotatable bonds is 5. The summed E-state index contributed by atoms with van der Waals surface area (Å²) in [5.41, 5.74) is 1.06. The number of carbonyl (C=O) groups is 1. The van der Waals surface area contributed by atoms with E-state index in [0.717, 1.165) is 35.2 Å². The summed E-state index contributed by atoms with van der Waals surface area (Å²) in [5, 5.41) is 12.0. The van der Waals surface area contributed by atoms with E-state index in [2.05, 4.69) is 33.1 Å². The molecule has 0 spiro atoms. The summed E-state index contributed by atoms with van der Waals surface area (Å²) in [5.74, 6) is 0.761. The van der Waals surface area contributed by atoms with E-state index in [-0.39, 0.29) is 18.0 Å². The number of pyridine rings is 1. The molecule has 25 heavy (non-hydrogen) atoms. The smallest absolute Gasteiger partial charge is 0.237 e. The molecule has 3 aromatic rings. The van der Waals surface area contributed by atoms with Gasteiger partial charge in [-0.1, -0.05) is 6.07 Å². The minimum absolute atomic E-state index is 0.00489. The van der Waals surface area contributed by atoms with Crippen molar-refractivity contribution in [3.05, 3.63) is 60.8 Å². The second kappa shape index (κ2) is 6.94. The van der Waals surface area contributed by atoms with Crippen LogP contribution in [0.3, 0.4) is 0 Å². The van der Waals surface area contributed by atoms with Crippen LogP contribution < -0.4 is 16.0 Å². The molecule has 6 nitrogen and oxygen atoms in total. The second-order valence-corrected chi connectivity index (χ2v) is 6.27. The Morgan fingerprint density at radius 2 is 2.24 bits per heavy atom. The molecule has 0 radical (unpaired) electrons. The molecule has 1 saturated heterocycles. The zero-order valence-corrected chi connectivity index (χ0v) is 13.7. The normalized spacial score (nSPS) is 19.8. The molecule has 1 aliphatic rings. The molecule has 0 saturated carbocycles. The standard InChI is InChI=1S/C19H20N4O2/c24-19(22-12-17-2-1-7-25-17)18-9-16(11-21-18)23-15-4-3-14-10-20-6-5-13(14)8-15/h1-8,10,16,18,21,23H,9,11-12H2,(H,22,24)/t16-,18-/m0/s1. The van der Waals surface area contributed by atoms with Crippen molar-refractivity contribution in [2.45, 2.75) is 25.0 Å². The van der Waals surface area contributed by atoms with E-state index in [1.54, 1.807) is 12.5 Å². The molecule has 1 aromatic carbocycles. The molecule has 128 valence electrons. The molecule has 0 bridgehead atoms. The lowest BCUT2D eigenvalue weighted by Crippen LogP contribution is -2.39. The van der Waals surface area contributed by atoms with Crippen molar-refractivity contribution in [3.8, 4) is 0 Å². The Morgan fingerprint density at radius 3 is 3.12 bits per heavy atom. The molecular weight excluding hydrogens is 316 g/mol. The summed E-state index contributed by atoms with van der Waals surface area (Å²) < 4.78 is 5.23. The quantitative estimate of drug-likeness (QED) is 0.666. The number of hydrogen-bond acceptors (Lipinski definition) is 5. The van der Waals surface area contributed by atoms with E-state index in [0.29, 0.717) is 6.54 Å². The highest BCUT2D eigenvalue weighted by molar-refractivity contribution is 5.85. The van der Waals surface area contributed by atoms with E-state index in [1.807, 2.05) is 30.5 Å². The van der Waals surface area contributed by atoms with Gasteiger partial charge in [0.15, 0.2) is 0 Å². The minimum Gasteiger partial charge on any atom is -0.467 e. The molecule has 6 heteroatoms. The summed E-state index contributed by atoms with van der Waals surface area (Å²) in [6.45, 7) is 1.17. The van der Waals surface area contributed by atoms with Gasteiger partial charge in [-0.05, 0) is 42.1 Å². The van der Waals surface area contributed by atoms with Crippen LogP contribution in [0.5, 0.6) is 0 Å². The van der Waals surface area contributed by atoms with Crippen LogP contribution in [0.1, 0.15) is 12.2 Å². The fourth-order valence-corrected chi connectivity index (χ4v) is 3.16. The third kappa shape index (κ3) is 3.64. The molecule has 4 rings (SSSR count). The summed E-state index contributed by atoms with van der Waals surface area (Å²) in [6, 6.07) is 11.9. The van der Waals surface area contributed by atoms with E-state index < -0.39 is 0 Å². The van der Waals surface area contributed by atoms with Crippen LogP contribution in [0.2, 0.25) is 0 Å². The van der Waals surface area contributed by atoms with Crippen LogP contribution in [-0.2, 0) is 11.3 Å². The molecule has 0 aliphatic carbocycles. The van der Waals surface area contributed by atoms with Crippen molar-refractivity contribution in [1.82, 2.24) is 15.6 Å². The average molecular weight is 336 g/mol. The fourth-order valence-electron chi connectivity index (χ4n) is 3.16. The van der Waals surface area contributed by atoms with Gasteiger partial charge < -0.3 is 20.4 Å². The lowest BCUT2D eigenvalue weighted by molar-refractivity contribution is -0.123. The first kappa shape index (κ1) is 15.7. The molecule has 3 N–H and O–H groups in total. The highest BCUT2D eigenvalue weighted by Gasteiger charge is 2.29. The van der Waals surface area contributed by atoms with Crippen LogP contribution in [0.25, 0.3) is 10.8 Å². The molecule has 1 fully saturated rings. The first-order valence-corrected chi connectivity index (χ1v) is 8.42. The van der Waals surface area contributed by atoms with Gasteiger partial charge in [0.2, 0.25) is 5.91 Å². The van der Waals surface area contributed by atoms with E-state index in [1.165, 1.54) is 0 Å². The SMILES string of the molecule is O=C(NCc1ccco1)[C@@H]1C[C@H](Nc2ccc3cnccc3c2)CN1. The van der Waals surface area contributed by atoms with Crippen molar-refractivity contribution < 1.29 is 9.21 Å². The van der Waals surface area contributed by atoms with Gasteiger partial charge in [-0.25, -0.2) is 0 Å². The van der Waals surface area contributed by atoms with Crippen LogP contribution in [0, 0.1) is 0 Å². The predicted molar refractivity (Wildman–Crippen MR) is 96.1 cm³/mol. The molecule has 2 aromatic heterocycles. The highest BCUT2D eigenvalue weighted by atomic mass is 16.3. The van der Waals surface area contributed by atoms with Gasteiger partial charge in [0.1, 0.15) is 5.76 Å². The monoisotopic (exact) mass is 336 g/mol. The van der Waals surface area contributed by atoms with E-state index >= 15 is 0 Å². The summed E-state index contributed by atoms with van der Waals surface area (Å²) >= 11 is 0. The van der Waals surface area contributed by atoms with Crippen molar-refractivity contribution in [1.29, 1.82) is 0 Å². The van der Waals surface area contributed by atoms with Gasteiger partial charge >= 0.3 is 0 Å². The van der Waals surface area contributed by atoms with Gasteiger partial charge in [0.25, 0.3) is 0 Å². The Bertz CT molecular complexity index is 863. The number of hydrogen-bond donors (Lipinski definition) is 3.